The number of phenols is 1. The summed E-state index contributed by atoms with van der Waals surface area (Å²) in [5, 5.41) is 18.4. The van der Waals surface area contributed by atoms with Gasteiger partial charge in [0.25, 0.3) is 0 Å². The van der Waals surface area contributed by atoms with Crippen molar-refractivity contribution in [1.29, 1.82) is 0 Å². The molecule has 0 aliphatic heterocycles. The van der Waals surface area contributed by atoms with E-state index in [1.807, 2.05) is 0 Å². The molecule has 100 valence electrons. The Morgan fingerprint density at radius 2 is 1.94 bits per heavy atom. The zero-order chi connectivity index (χ0) is 13.7. The van der Waals surface area contributed by atoms with Crippen molar-refractivity contribution in [2.24, 2.45) is 5.73 Å². The average Bonchev–Trinajstić information content (AvgIpc) is 2.30. The lowest BCUT2D eigenvalue weighted by molar-refractivity contribution is -0.132. The number of aliphatic hydroxyl groups excluding tert-OH is 1. The molecule has 0 aliphatic rings. The number of hydrogen-bond donors (Lipinski definition) is 3. The van der Waals surface area contributed by atoms with Gasteiger partial charge in [-0.1, -0.05) is 12.1 Å². The van der Waals surface area contributed by atoms with Gasteiger partial charge < -0.3 is 20.8 Å². The number of likely N-dealkylation sites (N-methyl/N-ethyl adjacent to an activating group) is 1. The summed E-state index contributed by atoms with van der Waals surface area (Å²) in [6, 6.07) is 5.95. The number of amides is 1. The highest BCUT2D eigenvalue weighted by Gasteiger charge is 2.19. The van der Waals surface area contributed by atoms with Crippen LogP contribution in [0.3, 0.4) is 0 Å². The maximum Gasteiger partial charge on any atom is 0.239 e. The normalized spacial score (nSPS) is 14.0. The minimum absolute atomic E-state index is 0.185. The number of carbonyl (C=O) groups is 1. The molecule has 0 bridgehead atoms. The van der Waals surface area contributed by atoms with Gasteiger partial charge in [-0.2, -0.15) is 0 Å². The van der Waals surface area contributed by atoms with Crippen molar-refractivity contribution in [1.82, 2.24) is 4.90 Å². The van der Waals surface area contributed by atoms with Gasteiger partial charge in [-0.3, -0.25) is 4.79 Å². The summed E-state index contributed by atoms with van der Waals surface area (Å²) in [6.07, 6.45) is -0.164. The van der Waals surface area contributed by atoms with Crippen LogP contribution < -0.4 is 5.73 Å². The molecule has 1 amide bonds. The van der Waals surface area contributed by atoms with Crippen molar-refractivity contribution < 1.29 is 15.0 Å². The minimum atomic E-state index is -0.640. The molecule has 0 heterocycles. The van der Waals surface area contributed by atoms with E-state index in [9.17, 15) is 9.90 Å². The molecule has 18 heavy (non-hydrogen) atoms. The van der Waals surface area contributed by atoms with Gasteiger partial charge in [0.2, 0.25) is 5.91 Å². The molecule has 1 rings (SSSR count). The van der Waals surface area contributed by atoms with Crippen LogP contribution in [-0.4, -0.2) is 46.8 Å². The van der Waals surface area contributed by atoms with Crippen molar-refractivity contribution in [2.45, 2.75) is 25.5 Å². The predicted octanol–water partition coefficient (Wildman–Crippen LogP) is 0.101. The van der Waals surface area contributed by atoms with E-state index >= 15 is 0 Å². The van der Waals surface area contributed by atoms with Crippen LogP contribution in [0.4, 0.5) is 0 Å². The number of benzene rings is 1. The van der Waals surface area contributed by atoms with E-state index in [-0.39, 0.29) is 18.2 Å². The highest BCUT2D eigenvalue weighted by atomic mass is 16.3. The monoisotopic (exact) mass is 252 g/mol. The molecule has 0 saturated heterocycles. The topological polar surface area (TPSA) is 86.8 Å². The minimum Gasteiger partial charge on any atom is -0.508 e. The fourth-order valence-electron chi connectivity index (χ4n) is 1.74. The average molecular weight is 252 g/mol. The van der Waals surface area contributed by atoms with Crippen molar-refractivity contribution >= 4 is 5.91 Å². The number of phenolic OH excluding ortho intramolecular Hbond substituents is 1. The van der Waals surface area contributed by atoms with Crippen LogP contribution in [0.2, 0.25) is 0 Å². The summed E-state index contributed by atoms with van der Waals surface area (Å²) in [6.45, 7) is 1.89. The van der Waals surface area contributed by atoms with Crippen LogP contribution in [0.5, 0.6) is 5.75 Å². The summed E-state index contributed by atoms with van der Waals surface area (Å²) in [5.41, 5.74) is 6.72. The lowest BCUT2D eigenvalue weighted by atomic mass is 10.1. The Morgan fingerprint density at radius 3 is 2.44 bits per heavy atom. The smallest absolute Gasteiger partial charge is 0.239 e. The molecule has 0 spiro atoms. The van der Waals surface area contributed by atoms with Gasteiger partial charge >= 0.3 is 0 Å². The SMILES string of the molecule is CC(O)CN(C)C(=O)[C@H](N)Cc1ccc(O)cc1. The van der Waals surface area contributed by atoms with E-state index in [1.54, 1.807) is 38.2 Å². The number of nitrogens with two attached hydrogens (primary N) is 1. The van der Waals surface area contributed by atoms with Gasteiger partial charge in [0.05, 0.1) is 12.1 Å². The van der Waals surface area contributed by atoms with Gasteiger partial charge in [-0.05, 0) is 31.0 Å². The Balaban J connectivity index is 2.56. The third-order valence-electron chi connectivity index (χ3n) is 2.62. The Hall–Kier alpha value is -1.59. The van der Waals surface area contributed by atoms with Gasteiger partial charge in [-0.15, -0.1) is 0 Å². The van der Waals surface area contributed by atoms with Gasteiger partial charge in [0.1, 0.15) is 5.75 Å². The van der Waals surface area contributed by atoms with Crippen LogP contribution in [0.15, 0.2) is 24.3 Å². The molecule has 5 heteroatoms. The third kappa shape index (κ3) is 4.35. The standard InChI is InChI=1S/C13H20N2O3/c1-9(16)8-15(2)13(18)12(14)7-10-3-5-11(17)6-4-10/h3-6,9,12,16-17H,7-8,14H2,1-2H3/t9?,12-/m1/s1. The first kappa shape index (κ1) is 14.5. The molecule has 5 nitrogen and oxygen atoms in total. The number of nitrogens with zero attached hydrogens (tertiary/aromatic N) is 1. The van der Waals surface area contributed by atoms with Crippen LogP contribution in [0.25, 0.3) is 0 Å². The molecule has 0 saturated carbocycles. The lowest BCUT2D eigenvalue weighted by Crippen LogP contribution is -2.45. The van der Waals surface area contributed by atoms with Gasteiger partial charge in [0, 0.05) is 13.6 Å². The summed E-state index contributed by atoms with van der Waals surface area (Å²) in [4.78, 5) is 13.3. The molecule has 0 radical (unpaired) electrons. The van der Waals surface area contributed by atoms with E-state index in [0.29, 0.717) is 6.42 Å². The van der Waals surface area contributed by atoms with Crippen molar-refractivity contribution in [3.63, 3.8) is 0 Å². The summed E-state index contributed by atoms with van der Waals surface area (Å²) < 4.78 is 0. The summed E-state index contributed by atoms with van der Waals surface area (Å²) >= 11 is 0. The van der Waals surface area contributed by atoms with Crippen LogP contribution in [0.1, 0.15) is 12.5 Å². The number of aliphatic hydroxyl groups is 1. The fraction of sp³-hybridized carbons (Fsp3) is 0.462. The lowest BCUT2D eigenvalue weighted by Gasteiger charge is -2.22. The molecular formula is C13H20N2O3. The zero-order valence-corrected chi connectivity index (χ0v) is 10.7. The number of aromatic hydroxyl groups is 1. The van der Waals surface area contributed by atoms with E-state index in [0.717, 1.165) is 5.56 Å². The van der Waals surface area contributed by atoms with E-state index in [2.05, 4.69) is 0 Å². The fourth-order valence-corrected chi connectivity index (χ4v) is 1.74. The highest BCUT2D eigenvalue weighted by Crippen LogP contribution is 2.11. The molecule has 0 fully saturated rings. The molecule has 0 aliphatic carbocycles. The second-order valence-corrected chi connectivity index (χ2v) is 4.54. The first-order chi connectivity index (χ1) is 8.40. The molecule has 1 aromatic rings. The molecule has 2 atom stereocenters. The molecule has 0 aromatic heterocycles. The maximum absolute atomic E-state index is 11.9. The van der Waals surface area contributed by atoms with Crippen LogP contribution in [0, 0.1) is 0 Å². The molecule has 1 aromatic carbocycles. The highest BCUT2D eigenvalue weighted by molar-refractivity contribution is 5.81. The van der Waals surface area contributed by atoms with Gasteiger partial charge in [0.15, 0.2) is 0 Å². The van der Waals surface area contributed by atoms with E-state index in [4.69, 9.17) is 10.8 Å². The van der Waals surface area contributed by atoms with Crippen molar-refractivity contribution in [3.05, 3.63) is 29.8 Å². The molecular weight excluding hydrogens is 232 g/mol. The van der Waals surface area contributed by atoms with E-state index < -0.39 is 12.1 Å². The summed E-state index contributed by atoms with van der Waals surface area (Å²) in [7, 11) is 1.62. The van der Waals surface area contributed by atoms with Crippen LogP contribution >= 0.6 is 0 Å². The van der Waals surface area contributed by atoms with Crippen LogP contribution in [-0.2, 0) is 11.2 Å². The first-order valence-corrected chi connectivity index (χ1v) is 5.86. The Kier molecular flexibility index (Phi) is 5.12. The maximum atomic E-state index is 11.9. The van der Waals surface area contributed by atoms with E-state index in [1.165, 1.54) is 4.90 Å². The number of hydrogen-bond acceptors (Lipinski definition) is 4. The quantitative estimate of drug-likeness (QED) is 0.693. The van der Waals surface area contributed by atoms with Crippen molar-refractivity contribution in [3.8, 4) is 5.75 Å². The Bertz CT molecular complexity index is 390. The zero-order valence-electron chi connectivity index (χ0n) is 10.7. The Morgan fingerprint density at radius 1 is 1.39 bits per heavy atom. The van der Waals surface area contributed by atoms with Crippen molar-refractivity contribution in [2.75, 3.05) is 13.6 Å². The summed E-state index contributed by atoms with van der Waals surface area (Å²) in [5.74, 6) is -0.0196. The molecule has 1 unspecified atom stereocenters. The third-order valence-corrected chi connectivity index (χ3v) is 2.62. The van der Waals surface area contributed by atoms with Gasteiger partial charge in [-0.25, -0.2) is 0 Å². The number of carbonyl (C=O) groups excluding carboxylic acids is 1. The number of rotatable bonds is 5. The molecule has 4 N–H and O–H groups in total. The second-order valence-electron chi connectivity index (χ2n) is 4.54. The largest absolute Gasteiger partial charge is 0.508 e. The second kappa shape index (κ2) is 6.37. The predicted molar refractivity (Wildman–Crippen MR) is 69.1 cm³/mol. The Labute approximate surface area is 107 Å². The first-order valence-electron chi connectivity index (χ1n) is 5.86.